The van der Waals surface area contributed by atoms with Crippen LogP contribution in [0.1, 0.15) is 21.5 Å². The molecule has 0 aliphatic heterocycles. The highest BCUT2D eigenvalue weighted by atomic mass is 19.1. The second kappa shape index (κ2) is 5.18. The fraction of sp³-hybridized carbons (Fsp3) is 0.133. The van der Waals surface area contributed by atoms with Gasteiger partial charge in [-0.2, -0.15) is 0 Å². The molecule has 0 saturated heterocycles. The molecule has 0 heterocycles. The smallest absolute Gasteiger partial charge is 0.258 e. The van der Waals surface area contributed by atoms with Crippen molar-refractivity contribution in [1.82, 2.24) is 0 Å². The number of rotatable bonds is 2. The largest absolute Gasteiger partial charge is 0.322 e. The monoisotopic (exact) mass is 261 g/mol. The molecule has 0 unspecified atom stereocenters. The molecule has 0 saturated carbocycles. The van der Waals surface area contributed by atoms with Gasteiger partial charge in [0.1, 0.15) is 11.6 Å². The van der Waals surface area contributed by atoms with Gasteiger partial charge in [-0.1, -0.05) is 17.7 Å². The molecule has 0 aromatic heterocycles. The van der Waals surface area contributed by atoms with Crippen LogP contribution < -0.4 is 5.32 Å². The number of anilines is 1. The first kappa shape index (κ1) is 13.2. The van der Waals surface area contributed by atoms with Crippen molar-refractivity contribution in [1.29, 1.82) is 0 Å². The van der Waals surface area contributed by atoms with Crippen molar-refractivity contribution < 1.29 is 13.6 Å². The van der Waals surface area contributed by atoms with Crippen LogP contribution in [-0.2, 0) is 0 Å². The minimum absolute atomic E-state index is 0.0522. The molecule has 2 aromatic carbocycles. The highest BCUT2D eigenvalue weighted by Crippen LogP contribution is 2.19. The summed E-state index contributed by atoms with van der Waals surface area (Å²) in [6.45, 7) is 3.32. The Morgan fingerprint density at radius 1 is 1.05 bits per heavy atom. The third-order valence-electron chi connectivity index (χ3n) is 2.88. The van der Waals surface area contributed by atoms with E-state index in [9.17, 15) is 13.6 Å². The molecule has 19 heavy (non-hydrogen) atoms. The average Bonchev–Trinajstić information content (AvgIpc) is 2.38. The van der Waals surface area contributed by atoms with Crippen molar-refractivity contribution in [3.63, 3.8) is 0 Å². The summed E-state index contributed by atoms with van der Waals surface area (Å²) in [6, 6.07) is 8.65. The summed E-state index contributed by atoms with van der Waals surface area (Å²) in [5.41, 5.74) is 1.39. The molecule has 1 amide bonds. The summed E-state index contributed by atoms with van der Waals surface area (Å²) < 4.78 is 26.9. The first-order valence-corrected chi connectivity index (χ1v) is 5.81. The van der Waals surface area contributed by atoms with E-state index in [1.165, 1.54) is 24.3 Å². The first-order valence-electron chi connectivity index (χ1n) is 5.81. The van der Waals surface area contributed by atoms with Crippen LogP contribution in [0.15, 0.2) is 36.4 Å². The number of carbonyl (C=O) groups excluding carboxylic acids is 1. The van der Waals surface area contributed by atoms with E-state index in [4.69, 9.17) is 0 Å². The number of benzene rings is 2. The Labute approximate surface area is 110 Å². The van der Waals surface area contributed by atoms with Gasteiger partial charge in [0.05, 0.1) is 5.56 Å². The molecular weight excluding hydrogens is 248 g/mol. The van der Waals surface area contributed by atoms with Crippen LogP contribution in [0.25, 0.3) is 0 Å². The molecule has 0 aliphatic rings. The van der Waals surface area contributed by atoms with Gasteiger partial charge in [-0.3, -0.25) is 4.79 Å². The lowest BCUT2D eigenvalue weighted by Gasteiger charge is -2.09. The topological polar surface area (TPSA) is 29.1 Å². The second-order valence-electron chi connectivity index (χ2n) is 4.35. The summed E-state index contributed by atoms with van der Waals surface area (Å²) in [5, 5.41) is 2.52. The zero-order valence-electron chi connectivity index (χ0n) is 10.6. The maximum Gasteiger partial charge on any atom is 0.258 e. The molecular formula is C15H13F2NO. The predicted molar refractivity (Wildman–Crippen MR) is 70.2 cm³/mol. The number of hydrogen-bond acceptors (Lipinski definition) is 1. The van der Waals surface area contributed by atoms with Gasteiger partial charge in [-0.05, 0) is 38.1 Å². The van der Waals surface area contributed by atoms with E-state index in [0.717, 1.165) is 5.56 Å². The molecule has 2 aromatic rings. The minimum atomic E-state index is -0.600. The van der Waals surface area contributed by atoms with Crippen LogP contribution in [0.2, 0.25) is 0 Å². The molecule has 98 valence electrons. The molecule has 0 fully saturated rings. The van der Waals surface area contributed by atoms with E-state index in [1.807, 2.05) is 0 Å². The first-order chi connectivity index (χ1) is 8.99. The third-order valence-corrected chi connectivity index (χ3v) is 2.88. The number of nitrogens with one attached hydrogen (secondary N) is 1. The Morgan fingerprint density at radius 3 is 2.53 bits per heavy atom. The summed E-state index contributed by atoms with van der Waals surface area (Å²) in [6.07, 6.45) is 0. The van der Waals surface area contributed by atoms with Gasteiger partial charge in [0.15, 0.2) is 0 Å². The Bertz CT molecular complexity index is 638. The van der Waals surface area contributed by atoms with Crippen molar-refractivity contribution in [2.45, 2.75) is 13.8 Å². The Morgan fingerprint density at radius 2 is 1.79 bits per heavy atom. The third kappa shape index (κ3) is 2.78. The fourth-order valence-electron chi connectivity index (χ4n) is 1.75. The van der Waals surface area contributed by atoms with E-state index in [0.29, 0.717) is 11.3 Å². The summed E-state index contributed by atoms with van der Waals surface area (Å²) in [4.78, 5) is 12.0. The number of hydrogen-bond donors (Lipinski definition) is 1. The lowest BCUT2D eigenvalue weighted by molar-refractivity contribution is 0.102. The summed E-state index contributed by atoms with van der Waals surface area (Å²) in [5.74, 6) is -1.60. The van der Waals surface area contributed by atoms with Crippen LogP contribution >= 0.6 is 0 Å². The Hall–Kier alpha value is -2.23. The number of amides is 1. The van der Waals surface area contributed by atoms with Crippen LogP contribution in [-0.4, -0.2) is 5.91 Å². The SMILES string of the molecule is Cc1ccc(F)c(C(=O)Nc2cccc(F)c2C)c1. The van der Waals surface area contributed by atoms with Crippen molar-refractivity contribution in [2.24, 2.45) is 0 Å². The average molecular weight is 261 g/mol. The summed E-state index contributed by atoms with van der Waals surface area (Å²) >= 11 is 0. The molecule has 0 radical (unpaired) electrons. The Balaban J connectivity index is 2.31. The molecule has 4 heteroatoms. The second-order valence-corrected chi connectivity index (χ2v) is 4.35. The van der Waals surface area contributed by atoms with E-state index < -0.39 is 17.5 Å². The van der Waals surface area contributed by atoms with Crippen LogP contribution in [0.4, 0.5) is 14.5 Å². The van der Waals surface area contributed by atoms with Gasteiger partial charge >= 0.3 is 0 Å². The van der Waals surface area contributed by atoms with Crippen molar-refractivity contribution in [3.8, 4) is 0 Å². The lowest BCUT2D eigenvalue weighted by atomic mass is 10.1. The van der Waals surface area contributed by atoms with Crippen molar-refractivity contribution in [2.75, 3.05) is 5.32 Å². The maximum atomic E-state index is 13.6. The molecule has 0 spiro atoms. The van der Waals surface area contributed by atoms with E-state index in [2.05, 4.69) is 5.32 Å². The predicted octanol–water partition coefficient (Wildman–Crippen LogP) is 3.83. The van der Waals surface area contributed by atoms with Gasteiger partial charge in [0.2, 0.25) is 0 Å². The lowest BCUT2D eigenvalue weighted by Crippen LogP contribution is -2.15. The van der Waals surface area contributed by atoms with E-state index in [1.54, 1.807) is 26.0 Å². The van der Waals surface area contributed by atoms with Gasteiger partial charge in [-0.15, -0.1) is 0 Å². The van der Waals surface area contributed by atoms with Crippen molar-refractivity contribution in [3.05, 3.63) is 64.7 Å². The Kier molecular flexibility index (Phi) is 3.60. The molecule has 2 rings (SSSR count). The molecule has 1 N–H and O–H groups in total. The van der Waals surface area contributed by atoms with Crippen LogP contribution in [0, 0.1) is 25.5 Å². The molecule has 0 bridgehead atoms. The number of aryl methyl sites for hydroxylation is 1. The zero-order chi connectivity index (χ0) is 14.0. The maximum absolute atomic E-state index is 13.6. The number of halogens is 2. The summed E-state index contributed by atoms with van der Waals surface area (Å²) in [7, 11) is 0. The van der Waals surface area contributed by atoms with Gasteiger partial charge in [-0.25, -0.2) is 8.78 Å². The quantitative estimate of drug-likeness (QED) is 0.874. The zero-order valence-corrected chi connectivity index (χ0v) is 10.6. The van der Waals surface area contributed by atoms with E-state index >= 15 is 0 Å². The standard InChI is InChI=1S/C15H13F2NO/c1-9-6-7-13(17)11(8-9)15(19)18-14-5-3-4-12(16)10(14)2/h3-8H,1-2H3,(H,18,19). The van der Waals surface area contributed by atoms with Crippen LogP contribution in [0.3, 0.4) is 0 Å². The molecule has 2 nitrogen and oxygen atoms in total. The van der Waals surface area contributed by atoms with Gasteiger partial charge < -0.3 is 5.32 Å². The molecule has 0 aliphatic carbocycles. The normalized spacial score (nSPS) is 10.3. The van der Waals surface area contributed by atoms with E-state index in [-0.39, 0.29) is 5.56 Å². The number of carbonyl (C=O) groups is 1. The highest BCUT2D eigenvalue weighted by Gasteiger charge is 2.13. The van der Waals surface area contributed by atoms with Gasteiger partial charge in [0.25, 0.3) is 5.91 Å². The molecule has 0 atom stereocenters. The van der Waals surface area contributed by atoms with Gasteiger partial charge in [0, 0.05) is 11.3 Å². The van der Waals surface area contributed by atoms with Crippen LogP contribution in [0.5, 0.6) is 0 Å². The fourth-order valence-corrected chi connectivity index (χ4v) is 1.75. The minimum Gasteiger partial charge on any atom is -0.322 e. The highest BCUT2D eigenvalue weighted by molar-refractivity contribution is 6.04. The van der Waals surface area contributed by atoms with Crippen molar-refractivity contribution >= 4 is 11.6 Å².